The molecule has 49 heavy (non-hydrogen) atoms. The number of benzene rings is 8. The molecule has 228 valence electrons. The molecule has 1 aliphatic heterocycles. The van der Waals surface area contributed by atoms with Crippen LogP contribution in [-0.2, 0) is 0 Å². The van der Waals surface area contributed by atoms with Gasteiger partial charge in [0.15, 0.2) is 0 Å². The lowest BCUT2D eigenvalue weighted by Crippen LogP contribution is -2.01. The van der Waals surface area contributed by atoms with E-state index >= 15 is 0 Å². The van der Waals surface area contributed by atoms with Crippen molar-refractivity contribution in [1.29, 1.82) is 0 Å². The molecule has 8 aromatic carbocycles. The number of hydrogen-bond acceptors (Lipinski definition) is 1. The normalized spacial score (nSPS) is 12.2. The van der Waals surface area contributed by atoms with E-state index in [0.717, 1.165) is 39.3 Å². The van der Waals surface area contributed by atoms with Gasteiger partial charge in [-0.05, 0) is 76.7 Å². The predicted octanol–water partition coefficient (Wildman–Crippen LogP) is 12.5. The second kappa shape index (κ2) is 9.96. The summed E-state index contributed by atoms with van der Waals surface area (Å²) < 4.78 is 11.6. The number of para-hydroxylation sites is 3. The number of nitrogens with zero attached hydrogens (tertiary/aromatic N) is 2. The van der Waals surface area contributed by atoms with Gasteiger partial charge >= 0.3 is 0 Å². The van der Waals surface area contributed by atoms with Crippen LogP contribution in [0.25, 0.3) is 88.0 Å². The highest BCUT2D eigenvalue weighted by molar-refractivity contribution is 6.25. The Morgan fingerprint density at radius 2 is 1.00 bits per heavy atom. The minimum Gasteiger partial charge on any atom is -0.456 e. The standard InChI is InChI=1S/C46H28N2O/c1-3-12-29(13-4-1)30-22-24-41-37(26-30)33-16-7-9-20-39(33)48(41)32-23-25-43-38(27-32)34-18-11-19-36-45-35-17-8-10-21-40(35)47(31-14-5-2-6-15-31)42(45)28-44(49-43)46(34)36/h1-28H. The van der Waals surface area contributed by atoms with Gasteiger partial charge in [-0.15, -0.1) is 0 Å². The zero-order valence-electron chi connectivity index (χ0n) is 26.5. The van der Waals surface area contributed by atoms with Crippen LogP contribution in [-0.4, -0.2) is 9.13 Å². The molecule has 0 fully saturated rings. The highest BCUT2D eigenvalue weighted by Crippen LogP contribution is 2.51. The van der Waals surface area contributed by atoms with E-state index in [-0.39, 0.29) is 0 Å². The smallest absolute Gasteiger partial charge is 0.138 e. The first-order chi connectivity index (χ1) is 24.3. The summed E-state index contributed by atoms with van der Waals surface area (Å²) in [6.07, 6.45) is 0. The summed E-state index contributed by atoms with van der Waals surface area (Å²) in [4.78, 5) is 0. The summed E-state index contributed by atoms with van der Waals surface area (Å²) in [6.45, 7) is 0. The molecule has 10 aromatic rings. The predicted molar refractivity (Wildman–Crippen MR) is 204 cm³/mol. The molecule has 3 nitrogen and oxygen atoms in total. The molecule has 3 heterocycles. The molecule has 0 N–H and O–H groups in total. The van der Waals surface area contributed by atoms with Crippen molar-refractivity contribution in [1.82, 2.24) is 9.13 Å². The van der Waals surface area contributed by atoms with E-state index in [1.807, 2.05) is 0 Å². The van der Waals surface area contributed by atoms with Crippen molar-refractivity contribution in [3.63, 3.8) is 0 Å². The van der Waals surface area contributed by atoms with Crippen LogP contribution in [0.15, 0.2) is 170 Å². The van der Waals surface area contributed by atoms with Crippen molar-refractivity contribution >= 4 is 54.4 Å². The minimum atomic E-state index is 0.873. The topological polar surface area (TPSA) is 19.1 Å². The van der Waals surface area contributed by atoms with Gasteiger partial charge < -0.3 is 13.9 Å². The summed E-state index contributed by atoms with van der Waals surface area (Å²) in [5.74, 6) is 1.77. The Hall–Kier alpha value is -6.58. The number of aromatic nitrogens is 2. The lowest BCUT2D eigenvalue weighted by atomic mass is 9.92. The number of ether oxygens (including phenoxy) is 1. The van der Waals surface area contributed by atoms with Crippen LogP contribution in [0.4, 0.5) is 0 Å². The molecule has 2 aromatic heterocycles. The molecule has 11 rings (SSSR count). The summed E-state index contributed by atoms with van der Waals surface area (Å²) >= 11 is 0. The molecule has 0 radical (unpaired) electrons. The van der Waals surface area contributed by atoms with Gasteiger partial charge in [0.2, 0.25) is 0 Å². The molecule has 0 spiro atoms. The third kappa shape index (κ3) is 3.73. The van der Waals surface area contributed by atoms with E-state index in [1.54, 1.807) is 0 Å². The Kier molecular flexibility index (Phi) is 5.38. The fourth-order valence-corrected chi connectivity index (χ4v) is 8.20. The second-order valence-electron chi connectivity index (χ2n) is 12.9. The van der Waals surface area contributed by atoms with Crippen molar-refractivity contribution in [3.05, 3.63) is 170 Å². The van der Waals surface area contributed by atoms with Gasteiger partial charge in [-0.1, -0.05) is 109 Å². The first-order valence-corrected chi connectivity index (χ1v) is 16.8. The highest BCUT2D eigenvalue weighted by Gasteiger charge is 2.25. The largest absolute Gasteiger partial charge is 0.456 e. The van der Waals surface area contributed by atoms with E-state index < -0.39 is 0 Å². The molecular weight excluding hydrogens is 597 g/mol. The maximum Gasteiger partial charge on any atom is 0.138 e. The summed E-state index contributed by atoms with van der Waals surface area (Å²) in [5.41, 5.74) is 11.7. The Morgan fingerprint density at radius 3 is 1.84 bits per heavy atom. The van der Waals surface area contributed by atoms with E-state index in [1.165, 1.54) is 60.2 Å². The zero-order chi connectivity index (χ0) is 32.1. The van der Waals surface area contributed by atoms with Crippen LogP contribution in [0.1, 0.15) is 0 Å². The molecule has 0 saturated carbocycles. The fraction of sp³-hybridized carbons (Fsp3) is 0. The van der Waals surface area contributed by atoms with Crippen molar-refractivity contribution in [2.45, 2.75) is 0 Å². The Labute approximate surface area is 282 Å². The van der Waals surface area contributed by atoms with Gasteiger partial charge in [-0.25, -0.2) is 0 Å². The van der Waals surface area contributed by atoms with E-state index in [2.05, 4.69) is 179 Å². The summed E-state index contributed by atoms with van der Waals surface area (Å²) in [7, 11) is 0. The van der Waals surface area contributed by atoms with Crippen molar-refractivity contribution < 1.29 is 4.74 Å². The number of rotatable bonds is 3. The van der Waals surface area contributed by atoms with Crippen LogP contribution in [0.3, 0.4) is 0 Å². The summed E-state index contributed by atoms with van der Waals surface area (Å²) in [6, 6.07) is 61.1. The second-order valence-corrected chi connectivity index (χ2v) is 12.9. The minimum absolute atomic E-state index is 0.873. The lowest BCUT2D eigenvalue weighted by Gasteiger charge is -2.23. The molecule has 0 amide bonds. The number of hydrogen-bond donors (Lipinski definition) is 0. The van der Waals surface area contributed by atoms with Gasteiger partial charge in [-0.2, -0.15) is 0 Å². The molecule has 0 bridgehead atoms. The molecule has 0 aliphatic carbocycles. The van der Waals surface area contributed by atoms with Crippen LogP contribution in [0.5, 0.6) is 11.5 Å². The van der Waals surface area contributed by atoms with Crippen LogP contribution in [0, 0.1) is 0 Å². The Bertz CT molecular complexity index is 2950. The third-order valence-electron chi connectivity index (χ3n) is 10.3. The van der Waals surface area contributed by atoms with E-state index in [9.17, 15) is 0 Å². The highest BCUT2D eigenvalue weighted by atomic mass is 16.5. The average molecular weight is 625 g/mol. The van der Waals surface area contributed by atoms with E-state index in [4.69, 9.17) is 4.74 Å². The molecule has 3 heteroatoms. The van der Waals surface area contributed by atoms with Crippen LogP contribution >= 0.6 is 0 Å². The lowest BCUT2D eigenvalue weighted by molar-refractivity contribution is 0.487. The van der Waals surface area contributed by atoms with Crippen LogP contribution < -0.4 is 4.74 Å². The van der Waals surface area contributed by atoms with E-state index in [0.29, 0.717) is 0 Å². The quantitative estimate of drug-likeness (QED) is 0.191. The van der Waals surface area contributed by atoms with Crippen LogP contribution in [0.2, 0.25) is 0 Å². The molecular formula is C46H28N2O. The first-order valence-electron chi connectivity index (χ1n) is 16.8. The third-order valence-corrected chi connectivity index (χ3v) is 10.3. The van der Waals surface area contributed by atoms with Gasteiger partial charge in [0.25, 0.3) is 0 Å². The summed E-state index contributed by atoms with van der Waals surface area (Å²) in [5, 5.41) is 7.34. The molecule has 0 atom stereocenters. The van der Waals surface area contributed by atoms with Crippen molar-refractivity contribution in [2.75, 3.05) is 0 Å². The zero-order valence-corrected chi connectivity index (χ0v) is 26.5. The Balaban J connectivity index is 1.15. The van der Waals surface area contributed by atoms with Gasteiger partial charge in [0.1, 0.15) is 11.5 Å². The van der Waals surface area contributed by atoms with Gasteiger partial charge in [0.05, 0.1) is 22.1 Å². The van der Waals surface area contributed by atoms with Crippen molar-refractivity contribution in [3.8, 4) is 45.1 Å². The molecule has 0 unspecified atom stereocenters. The SMILES string of the molecule is c1ccc(-c2ccc3c(c2)c2ccccc2n3-c2ccc3c(c2)-c2cccc4c2c(cc2c4c4ccccc4n2-c2ccccc2)O3)cc1. The Morgan fingerprint density at radius 1 is 0.327 bits per heavy atom. The monoisotopic (exact) mass is 624 g/mol. The fourth-order valence-electron chi connectivity index (χ4n) is 8.20. The van der Waals surface area contributed by atoms with Gasteiger partial charge in [0, 0.05) is 49.9 Å². The first kappa shape index (κ1) is 26.5. The molecule has 0 saturated heterocycles. The maximum absolute atomic E-state index is 6.83. The average Bonchev–Trinajstić information content (AvgIpc) is 3.68. The van der Waals surface area contributed by atoms with Gasteiger partial charge in [-0.3, -0.25) is 0 Å². The number of fused-ring (bicyclic) bond motifs is 9. The maximum atomic E-state index is 6.83. The van der Waals surface area contributed by atoms with Crippen molar-refractivity contribution in [2.24, 2.45) is 0 Å². The molecule has 1 aliphatic rings.